The molecule has 0 radical (unpaired) electrons. The van der Waals surface area contributed by atoms with Crippen LogP contribution >= 0.6 is 0 Å². The van der Waals surface area contributed by atoms with Crippen molar-refractivity contribution in [2.45, 2.75) is 24.0 Å². The lowest BCUT2D eigenvalue weighted by molar-refractivity contribution is -0.140. The molecule has 2 amide bonds. The topological polar surface area (TPSA) is 123 Å². The molecule has 0 aromatic heterocycles. The van der Waals surface area contributed by atoms with Crippen molar-refractivity contribution in [1.82, 2.24) is 14.9 Å². The minimum absolute atomic E-state index is 0.0893. The van der Waals surface area contributed by atoms with E-state index in [4.69, 9.17) is 14.2 Å². The minimum Gasteiger partial charge on any atom is -0.497 e. The Kier molecular flexibility index (Phi) is 8.85. The number of hydrogen-bond donors (Lipinski definition) is 2. The van der Waals surface area contributed by atoms with E-state index in [0.717, 1.165) is 11.3 Å². The van der Waals surface area contributed by atoms with Crippen molar-refractivity contribution < 1.29 is 32.2 Å². The van der Waals surface area contributed by atoms with Crippen LogP contribution in [0.4, 0.5) is 0 Å². The Labute approximate surface area is 199 Å². The molecule has 0 saturated carbocycles. The van der Waals surface area contributed by atoms with E-state index in [0.29, 0.717) is 25.2 Å². The van der Waals surface area contributed by atoms with Gasteiger partial charge in [-0.1, -0.05) is 12.1 Å². The summed E-state index contributed by atoms with van der Waals surface area (Å²) < 4.78 is 43.2. The Morgan fingerprint density at radius 3 is 2.18 bits per heavy atom. The van der Waals surface area contributed by atoms with Crippen LogP contribution in [0.3, 0.4) is 0 Å². The number of carbonyl (C=O) groups is 2. The molecule has 11 heteroatoms. The van der Waals surface area contributed by atoms with Crippen molar-refractivity contribution >= 4 is 21.8 Å². The number of sulfonamides is 1. The number of amides is 2. The molecule has 1 aliphatic rings. The van der Waals surface area contributed by atoms with Crippen LogP contribution in [0.25, 0.3) is 0 Å². The first-order valence-corrected chi connectivity index (χ1v) is 12.3. The van der Waals surface area contributed by atoms with Crippen LogP contribution in [0, 0.1) is 0 Å². The van der Waals surface area contributed by atoms with E-state index in [-0.39, 0.29) is 24.5 Å². The van der Waals surface area contributed by atoms with Crippen LogP contribution in [0.2, 0.25) is 0 Å². The summed E-state index contributed by atoms with van der Waals surface area (Å²) in [6.07, 6.45) is 0.144. The number of rotatable bonds is 9. The molecular weight excluding hydrogens is 462 g/mol. The van der Waals surface area contributed by atoms with Gasteiger partial charge in [0, 0.05) is 13.1 Å². The lowest BCUT2D eigenvalue weighted by atomic mass is 10.1. The number of methoxy groups -OCH3 is 2. The third kappa shape index (κ3) is 6.46. The van der Waals surface area contributed by atoms with Gasteiger partial charge in [-0.3, -0.25) is 9.59 Å². The zero-order valence-electron chi connectivity index (χ0n) is 19.2. The molecule has 10 nitrogen and oxygen atoms in total. The van der Waals surface area contributed by atoms with Gasteiger partial charge in [0.25, 0.3) is 0 Å². The van der Waals surface area contributed by atoms with Gasteiger partial charge < -0.3 is 24.8 Å². The summed E-state index contributed by atoms with van der Waals surface area (Å²) in [5, 5.41) is 5.03. The molecule has 2 N–H and O–H groups in total. The van der Waals surface area contributed by atoms with Crippen molar-refractivity contribution in [1.29, 1.82) is 0 Å². The van der Waals surface area contributed by atoms with Crippen molar-refractivity contribution in [3.63, 3.8) is 0 Å². The molecule has 184 valence electrons. The predicted octanol–water partition coefficient (Wildman–Crippen LogP) is 0.916. The Morgan fingerprint density at radius 1 is 0.971 bits per heavy atom. The quantitative estimate of drug-likeness (QED) is 0.500. The van der Waals surface area contributed by atoms with Crippen molar-refractivity contribution in [2.75, 3.05) is 40.5 Å². The first-order chi connectivity index (χ1) is 16.3. The average molecular weight is 492 g/mol. The highest BCUT2D eigenvalue weighted by atomic mass is 32.2. The molecule has 0 spiro atoms. The third-order valence-electron chi connectivity index (χ3n) is 5.32. The second-order valence-corrected chi connectivity index (χ2v) is 9.42. The minimum atomic E-state index is -3.86. The van der Waals surface area contributed by atoms with Gasteiger partial charge in [-0.2, -0.15) is 4.31 Å². The summed E-state index contributed by atoms with van der Waals surface area (Å²) in [4.78, 5) is 24.5. The molecule has 1 aliphatic heterocycles. The van der Waals surface area contributed by atoms with E-state index in [1.807, 2.05) is 24.3 Å². The molecule has 0 aliphatic carbocycles. The monoisotopic (exact) mass is 491 g/mol. The fraction of sp³-hybridized carbons (Fsp3) is 0.391. The predicted molar refractivity (Wildman–Crippen MR) is 124 cm³/mol. The molecule has 1 saturated heterocycles. The first-order valence-electron chi connectivity index (χ1n) is 10.8. The van der Waals surface area contributed by atoms with Gasteiger partial charge in [0.05, 0.1) is 32.3 Å². The van der Waals surface area contributed by atoms with Gasteiger partial charge >= 0.3 is 11.8 Å². The summed E-state index contributed by atoms with van der Waals surface area (Å²) in [5.41, 5.74) is 0.983. The van der Waals surface area contributed by atoms with E-state index in [1.165, 1.54) is 23.5 Å². The normalized spacial score (nSPS) is 16.5. The SMILES string of the molecule is COc1ccc(CCNC(=O)C(=O)NC[C@@H]2OCCCN2S(=O)(=O)c2ccc(OC)cc2)cc1. The molecule has 2 aromatic rings. The molecule has 3 rings (SSSR count). The summed E-state index contributed by atoms with van der Waals surface area (Å²) >= 11 is 0. The summed E-state index contributed by atoms with van der Waals surface area (Å²) in [7, 11) is -0.783. The number of hydrogen-bond acceptors (Lipinski definition) is 7. The van der Waals surface area contributed by atoms with Gasteiger partial charge in [0.2, 0.25) is 10.0 Å². The van der Waals surface area contributed by atoms with E-state index in [2.05, 4.69) is 10.6 Å². The van der Waals surface area contributed by atoms with Crippen LogP contribution in [0.15, 0.2) is 53.4 Å². The Hall–Kier alpha value is -3.15. The number of ether oxygens (including phenoxy) is 3. The van der Waals surface area contributed by atoms with Gasteiger partial charge in [0.1, 0.15) is 17.7 Å². The maximum absolute atomic E-state index is 13.1. The molecule has 1 atom stereocenters. The molecule has 34 heavy (non-hydrogen) atoms. The molecule has 1 heterocycles. The Balaban J connectivity index is 1.52. The zero-order chi connectivity index (χ0) is 24.6. The highest BCUT2D eigenvalue weighted by molar-refractivity contribution is 7.89. The highest BCUT2D eigenvalue weighted by Crippen LogP contribution is 2.23. The Morgan fingerprint density at radius 2 is 1.56 bits per heavy atom. The van der Waals surface area contributed by atoms with Gasteiger partial charge in [-0.15, -0.1) is 0 Å². The van der Waals surface area contributed by atoms with Gasteiger partial charge in [0.15, 0.2) is 0 Å². The maximum Gasteiger partial charge on any atom is 0.309 e. The summed E-state index contributed by atoms with van der Waals surface area (Å²) in [5.74, 6) is -0.379. The zero-order valence-corrected chi connectivity index (χ0v) is 20.0. The summed E-state index contributed by atoms with van der Waals surface area (Å²) in [6, 6.07) is 13.4. The van der Waals surface area contributed by atoms with Crippen LogP contribution in [0.1, 0.15) is 12.0 Å². The molecular formula is C23H29N3O7S. The van der Waals surface area contributed by atoms with Crippen LogP contribution in [-0.2, 0) is 30.8 Å². The average Bonchev–Trinajstić information content (AvgIpc) is 2.87. The Bertz CT molecular complexity index is 1070. The molecule has 2 aromatic carbocycles. The number of nitrogens with zero attached hydrogens (tertiary/aromatic N) is 1. The number of carbonyl (C=O) groups excluding carboxylic acids is 2. The number of nitrogens with one attached hydrogen (secondary N) is 2. The standard InChI is InChI=1S/C23H29N3O7S/c1-31-18-6-4-17(5-7-18)12-13-24-22(27)23(28)25-16-21-26(14-3-15-33-21)34(29,30)20-10-8-19(32-2)9-11-20/h4-11,21H,3,12-16H2,1-2H3,(H,24,27)(H,25,28)/t21-/m0/s1. The molecule has 0 unspecified atom stereocenters. The summed E-state index contributed by atoms with van der Waals surface area (Å²) in [6.45, 7) is 0.711. The van der Waals surface area contributed by atoms with Gasteiger partial charge in [-0.25, -0.2) is 8.42 Å². The van der Waals surface area contributed by atoms with E-state index < -0.39 is 28.1 Å². The fourth-order valence-electron chi connectivity index (χ4n) is 3.44. The second-order valence-electron chi connectivity index (χ2n) is 7.53. The molecule has 1 fully saturated rings. The number of benzene rings is 2. The van der Waals surface area contributed by atoms with Crippen molar-refractivity contribution in [3.8, 4) is 11.5 Å². The smallest absolute Gasteiger partial charge is 0.309 e. The van der Waals surface area contributed by atoms with E-state index in [9.17, 15) is 18.0 Å². The van der Waals surface area contributed by atoms with E-state index >= 15 is 0 Å². The van der Waals surface area contributed by atoms with Crippen LogP contribution < -0.4 is 20.1 Å². The lowest BCUT2D eigenvalue weighted by Crippen LogP contribution is -2.53. The van der Waals surface area contributed by atoms with E-state index in [1.54, 1.807) is 19.2 Å². The van der Waals surface area contributed by atoms with Crippen molar-refractivity contribution in [2.24, 2.45) is 0 Å². The van der Waals surface area contributed by atoms with Crippen LogP contribution in [-0.4, -0.2) is 71.2 Å². The largest absolute Gasteiger partial charge is 0.497 e. The second kappa shape index (κ2) is 11.8. The maximum atomic E-state index is 13.1. The molecule has 0 bridgehead atoms. The van der Waals surface area contributed by atoms with Crippen molar-refractivity contribution in [3.05, 3.63) is 54.1 Å². The lowest BCUT2D eigenvalue weighted by Gasteiger charge is -2.34. The fourth-order valence-corrected chi connectivity index (χ4v) is 5.00. The van der Waals surface area contributed by atoms with Gasteiger partial charge in [-0.05, 0) is 54.8 Å². The highest BCUT2D eigenvalue weighted by Gasteiger charge is 2.35. The third-order valence-corrected chi connectivity index (χ3v) is 7.23. The first kappa shape index (κ1) is 25.5. The van der Waals surface area contributed by atoms with Crippen LogP contribution in [0.5, 0.6) is 11.5 Å².